The third kappa shape index (κ3) is 56.2. The number of carbonyl (C=O) groups excluding carboxylic acids is 3. The van der Waals surface area contributed by atoms with Crippen molar-refractivity contribution in [1.82, 2.24) is 0 Å². The van der Waals surface area contributed by atoms with Crippen LogP contribution in [0.15, 0.2) is 48.6 Å². The average molecular weight is 968 g/mol. The van der Waals surface area contributed by atoms with E-state index in [4.69, 9.17) is 14.2 Å². The van der Waals surface area contributed by atoms with Crippen molar-refractivity contribution in [1.29, 1.82) is 0 Å². The molecular formula is C63H114O6. The highest BCUT2D eigenvalue weighted by Gasteiger charge is 2.19. The zero-order valence-electron chi connectivity index (χ0n) is 46.1. The molecule has 0 amide bonds. The summed E-state index contributed by atoms with van der Waals surface area (Å²) in [5, 5.41) is 0. The van der Waals surface area contributed by atoms with Crippen molar-refractivity contribution in [2.45, 2.75) is 322 Å². The molecule has 0 rings (SSSR count). The van der Waals surface area contributed by atoms with E-state index in [1.54, 1.807) is 0 Å². The van der Waals surface area contributed by atoms with Gasteiger partial charge in [-0.15, -0.1) is 0 Å². The highest BCUT2D eigenvalue weighted by molar-refractivity contribution is 5.71. The molecule has 0 heterocycles. The SMILES string of the molecule is CCCCCCC/C=C\C/C=C\C/C=C\CCCCCCCCC(=O)OCC(COC(=O)CCCCCCC/C=C\CCCCCCC)OC(=O)CCCCCCCCCCCCCCCCCC. The number of unbranched alkanes of at least 4 members (excludes halogenated alkanes) is 36. The van der Waals surface area contributed by atoms with Gasteiger partial charge in [-0.2, -0.15) is 0 Å². The van der Waals surface area contributed by atoms with E-state index < -0.39 is 6.10 Å². The van der Waals surface area contributed by atoms with Gasteiger partial charge in [-0.1, -0.05) is 262 Å². The largest absolute Gasteiger partial charge is 0.462 e. The van der Waals surface area contributed by atoms with Gasteiger partial charge in [-0.05, 0) is 83.5 Å². The van der Waals surface area contributed by atoms with Crippen molar-refractivity contribution in [2.75, 3.05) is 13.2 Å². The van der Waals surface area contributed by atoms with Crippen LogP contribution in [0, 0.1) is 0 Å². The van der Waals surface area contributed by atoms with Gasteiger partial charge in [0.15, 0.2) is 6.10 Å². The molecule has 69 heavy (non-hydrogen) atoms. The Morgan fingerprint density at radius 1 is 0.290 bits per heavy atom. The summed E-state index contributed by atoms with van der Waals surface area (Å²) in [6, 6.07) is 0. The number of hydrogen-bond acceptors (Lipinski definition) is 6. The smallest absolute Gasteiger partial charge is 0.306 e. The summed E-state index contributed by atoms with van der Waals surface area (Å²) in [5.41, 5.74) is 0. The number of ether oxygens (including phenoxy) is 3. The predicted octanol–water partition coefficient (Wildman–Crippen LogP) is 20.2. The quantitative estimate of drug-likeness (QED) is 0.0262. The highest BCUT2D eigenvalue weighted by Crippen LogP contribution is 2.16. The van der Waals surface area contributed by atoms with Gasteiger partial charge in [0, 0.05) is 19.3 Å². The number of esters is 3. The summed E-state index contributed by atoms with van der Waals surface area (Å²) >= 11 is 0. The van der Waals surface area contributed by atoms with Crippen LogP contribution in [0.3, 0.4) is 0 Å². The Hall–Kier alpha value is -2.63. The van der Waals surface area contributed by atoms with Gasteiger partial charge in [0.1, 0.15) is 13.2 Å². The Balaban J connectivity index is 4.36. The summed E-state index contributed by atoms with van der Waals surface area (Å²) < 4.78 is 16.9. The molecule has 0 aromatic carbocycles. The highest BCUT2D eigenvalue weighted by atomic mass is 16.6. The third-order valence-electron chi connectivity index (χ3n) is 13.3. The predicted molar refractivity (Wildman–Crippen MR) is 298 cm³/mol. The summed E-state index contributed by atoms with van der Waals surface area (Å²) in [7, 11) is 0. The second-order valence-corrected chi connectivity index (χ2v) is 20.3. The average Bonchev–Trinajstić information content (AvgIpc) is 3.35. The molecule has 6 heteroatoms. The molecule has 0 fully saturated rings. The van der Waals surface area contributed by atoms with Crippen LogP contribution in [0.25, 0.3) is 0 Å². The second-order valence-electron chi connectivity index (χ2n) is 20.3. The molecule has 6 nitrogen and oxygen atoms in total. The molecule has 0 bridgehead atoms. The van der Waals surface area contributed by atoms with E-state index in [1.165, 1.54) is 193 Å². The Bertz CT molecular complexity index is 1200. The Labute approximate surface area is 428 Å². The zero-order chi connectivity index (χ0) is 50.0. The van der Waals surface area contributed by atoms with Crippen LogP contribution in [0.4, 0.5) is 0 Å². The monoisotopic (exact) mass is 967 g/mol. The normalized spacial score (nSPS) is 12.3. The Morgan fingerprint density at radius 3 is 0.826 bits per heavy atom. The van der Waals surface area contributed by atoms with Gasteiger partial charge >= 0.3 is 17.9 Å². The van der Waals surface area contributed by atoms with Crippen molar-refractivity contribution in [3.05, 3.63) is 48.6 Å². The maximum atomic E-state index is 12.9. The van der Waals surface area contributed by atoms with Crippen LogP contribution in [0.5, 0.6) is 0 Å². The van der Waals surface area contributed by atoms with E-state index in [-0.39, 0.29) is 31.1 Å². The lowest BCUT2D eigenvalue weighted by Crippen LogP contribution is -2.30. The minimum atomic E-state index is -0.780. The van der Waals surface area contributed by atoms with Crippen LogP contribution < -0.4 is 0 Å². The summed E-state index contributed by atoms with van der Waals surface area (Å²) in [5.74, 6) is -0.882. The third-order valence-corrected chi connectivity index (χ3v) is 13.3. The van der Waals surface area contributed by atoms with Gasteiger partial charge in [0.2, 0.25) is 0 Å². The molecule has 0 saturated heterocycles. The molecule has 0 radical (unpaired) electrons. The van der Waals surface area contributed by atoms with Crippen LogP contribution in [0.1, 0.15) is 316 Å². The van der Waals surface area contributed by atoms with Gasteiger partial charge in [0.25, 0.3) is 0 Å². The van der Waals surface area contributed by atoms with Crippen LogP contribution in [-0.2, 0) is 28.6 Å². The van der Waals surface area contributed by atoms with Crippen LogP contribution in [-0.4, -0.2) is 37.2 Å². The first-order valence-electron chi connectivity index (χ1n) is 30.1. The van der Waals surface area contributed by atoms with E-state index in [2.05, 4.69) is 69.4 Å². The van der Waals surface area contributed by atoms with Crippen molar-refractivity contribution in [3.8, 4) is 0 Å². The zero-order valence-corrected chi connectivity index (χ0v) is 46.1. The molecular weight excluding hydrogens is 853 g/mol. The number of carbonyl (C=O) groups is 3. The lowest BCUT2D eigenvalue weighted by molar-refractivity contribution is -0.167. The lowest BCUT2D eigenvalue weighted by atomic mass is 10.0. The summed E-state index contributed by atoms with van der Waals surface area (Å²) in [4.78, 5) is 38.2. The first-order valence-corrected chi connectivity index (χ1v) is 30.1. The minimum absolute atomic E-state index is 0.0788. The molecule has 0 saturated carbocycles. The topological polar surface area (TPSA) is 78.9 Å². The molecule has 1 unspecified atom stereocenters. The minimum Gasteiger partial charge on any atom is -0.462 e. The molecule has 0 aliphatic heterocycles. The molecule has 402 valence electrons. The maximum absolute atomic E-state index is 12.9. The van der Waals surface area contributed by atoms with Crippen LogP contribution >= 0.6 is 0 Å². The van der Waals surface area contributed by atoms with Gasteiger partial charge in [-0.3, -0.25) is 14.4 Å². The van der Waals surface area contributed by atoms with Crippen molar-refractivity contribution in [3.63, 3.8) is 0 Å². The number of rotatable bonds is 55. The van der Waals surface area contributed by atoms with E-state index in [0.29, 0.717) is 19.3 Å². The number of hydrogen-bond donors (Lipinski definition) is 0. The Morgan fingerprint density at radius 2 is 0.522 bits per heavy atom. The standard InChI is InChI=1S/C63H114O6/c1-4-7-10-13-16-19-22-25-28-30-31-32-33-34-36-38-41-44-47-50-53-56-62(65)68-59-60(58-67-61(64)55-52-49-46-43-40-37-27-24-21-18-15-12-9-6-3)69-63(66)57-54-51-48-45-42-39-35-29-26-23-20-17-14-11-8-5-2/h22,24-25,27,30-31,33-34,60H,4-21,23,26,28-29,32,35-59H2,1-3H3/b25-22-,27-24-,31-30-,34-33-. The molecule has 0 aliphatic rings. The van der Waals surface area contributed by atoms with Crippen molar-refractivity contribution in [2.24, 2.45) is 0 Å². The van der Waals surface area contributed by atoms with E-state index in [0.717, 1.165) is 83.5 Å². The molecule has 0 aromatic rings. The van der Waals surface area contributed by atoms with Crippen molar-refractivity contribution >= 4 is 17.9 Å². The molecule has 1 atom stereocenters. The summed E-state index contributed by atoms with van der Waals surface area (Å²) in [6.07, 6.45) is 71.0. The first kappa shape index (κ1) is 66.4. The fourth-order valence-corrected chi connectivity index (χ4v) is 8.74. The van der Waals surface area contributed by atoms with E-state index >= 15 is 0 Å². The van der Waals surface area contributed by atoms with Gasteiger partial charge < -0.3 is 14.2 Å². The molecule has 0 spiro atoms. The fourth-order valence-electron chi connectivity index (χ4n) is 8.74. The second kappa shape index (κ2) is 57.9. The Kier molecular flexibility index (Phi) is 55.7. The lowest BCUT2D eigenvalue weighted by Gasteiger charge is -2.18. The number of allylic oxidation sites excluding steroid dienone is 8. The fraction of sp³-hybridized carbons (Fsp3) is 0.825. The summed E-state index contributed by atoms with van der Waals surface area (Å²) in [6.45, 7) is 6.64. The maximum Gasteiger partial charge on any atom is 0.306 e. The molecule has 0 aliphatic carbocycles. The van der Waals surface area contributed by atoms with E-state index in [1.807, 2.05) is 0 Å². The van der Waals surface area contributed by atoms with Gasteiger partial charge in [-0.25, -0.2) is 0 Å². The molecule has 0 aromatic heterocycles. The van der Waals surface area contributed by atoms with Crippen molar-refractivity contribution < 1.29 is 28.6 Å². The first-order chi connectivity index (χ1) is 34.0. The van der Waals surface area contributed by atoms with Gasteiger partial charge in [0.05, 0.1) is 0 Å². The van der Waals surface area contributed by atoms with Crippen LogP contribution in [0.2, 0.25) is 0 Å². The van der Waals surface area contributed by atoms with E-state index in [9.17, 15) is 14.4 Å². The molecule has 0 N–H and O–H groups in total.